The number of nitrogens with zero attached hydrogens (tertiary/aromatic N) is 1. The molecule has 0 rings (SSSR count). The molecular formula is C12H23N5O3. The van der Waals surface area contributed by atoms with Gasteiger partial charge in [0.25, 0.3) is 0 Å². The Morgan fingerprint density at radius 3 is 2.10 bits per heavy atom. The summed E-state index contributed by atoms with van der Waals surface area (Å²) in [6.07, 6.45) is 5.78. The summed E-state index contributed by atoms with van der Waals surface area (Å²) in [4.78, 5) is 34.7. The van der Waals surface area contributed by atoms with Crippen LogP contribution in [0.15, 0.2) is 4.99 Å². The van der Waals surface area contributed by atoms with E-state index >= 15 is 0 Å². The Labute approximate surface area is 118 Å². The van der Waals surface area contributed by atoms with E-state index in [2.05, 4.69) is 15.6 Å². The lowest BCUT2D eigenvalue weighted by Crippen LogP contribution is -2.30. The lowest BCUT2D eigenvalue weighted by Gasteiger charge is -2.14. The quantitative estimate of drug-likeness (QED) is 0.245. The number of nitrogens with one attached hydrogen (secondary N) is 2. The van der Waals surface area contributed by atoms with Gasteiger partial charge in [0.05, 0.1) is 6.54 Å². The van der Waals surface area contributed by atoms with Gasteiger partial charge in [-0.05, 0) is 31.6 Å². The van der Waals surface area contributed by atoms with Gasteiger partial charge in [-0.25, -0.2) is 19.4 Å². The summed E-state index contributed by atoms with van der Waals surface area (Å²) >= 11 is 0. The van der Waals surface area contributed by atoms with Crippen LogP contribution in [0.25, 0.3) is 0 Å². The minimum absolute atomic E-state index is 0.264. The Kier molecular flexibility index (Phi) is 10.7. The molecule has 0 saturated carbocycles. The van der Waals surface area contributed by atoms with E-state index in [1.54, 1.807) is 0 Å². The van der Waals surface area contributed by atoms with E-state index in [1.807, 2.05) is 0 Å². The highest BCUT2D eigenvalue weighted by Gasteiger charge is 2.08. The van der Waals surface area contributed by atoms with Crippen molar-refractivity contribution in [1.29, 1.82) is 0 Å². The van der Waals surface area contributed by atoms with Crippen molar-refractivity contribution in [2.45, 2.75) is 32.1 Å². The van der Waals surface area contributed by atoms with E-state index in [-0.39, 0.29) is 5.92 Å². The molecular weight excluding hydrogens is 262 g/mol. The van der Waals surface area contributed by atoms with Crippen molar-refractivity contribution in [2.24, 2.45) is 22.4 Å². The van der Waals surface area contributed by atoms with E-state index in [4.69, 9.17) is 11.5 Å². The summed E-state index contributed by atoms with van der Waals surface area (Å²) in [7, 11) is 0. The maximum absolute atomic E-state index is 10.5. The summed E-state index contributed by atoms with van der Waals surface area (Å²) in [5.74, 6) is 0.264. The van der Waals surface area contributed by atoms with E-state index in [9.17, 15) is 14.4 Å². The fraction of sp³-hybridized carbons (Fsp3) is 0.750. The van der Waals surface area contributed by atoms with Crippen LogP contribution in [0.1, 0.15) is 32.1 Å². The number of hydrogen-bond donors (Lipinski definition) is 4. The first-order chi connectivity index (χ1) is 9.56. The third-order valence-electron chi connectivity index (χ3n) is 2.84. The molecule has 0 aromatic heterocycles. The van der Waals surface area contributed by atoms with Crippen molar-refractivity contribution in [3.63, 3.8) is 0 Å². The Hall–Kier alpha value is -2.08. The minimum atomic E-state index is -0.537. The molecule has 0 aliphatic heterocycles. The van der Waals surface area contributed by atoms with Crippen molar-refractivity contribution in [1.82, 2.24) is 10.6 Å². The first-order valence-electron chi connectivity index (χ1n) is 6.66. The molecule has 0 spiro atoms. The lowest BCUT2D eigenvalue weighted by atomic mass is 9.96. The van der Waals surface area contributed by atoms with Crippen LogP contribution in [0.2, 0.25) is 0 Å². The number of rotatable bonds is 11. The number of primary amides is 2. The van der Waals surface area contributed by atoms with E-state index in [0.717, 1.165) is 32.1 Å². The summed E-state index contributed by atoms with van der Waals surface area (Å²) < 4.78 is 0. The monoisotopic (exact) mass is 285 g/mol. The van der Waals surface area contributed by atoms with Gasteiger partial charge in [0.1, 0.15) is 0 Å². The molecule has 0 aliphatic carbocycles. The molecule has 4 amide bonds. The third-order valence-corrected chi connectivity index (χ3v) is 2.84. The zero-order valence-electron chi connectivity index (χ0n) is 11.6. The van der Waals surface area contributed by atoms with Gasteiger partial charge in [0, 0.05) is 13.1 Å². The van der Waals surface area contributed by atoms with Crippen LogP contribution in [-0.2, 0) is 4.79 Å². The molecule has 8 heteroatoms. The molecule has 20 heavy (non-hydrogen) atoms. The number of isocyanates is 1. The molecule has 1 atom stereocenters. The van der Waals surface area contributed by atoms with Crippen LogP contribution < -0.4 is 22.1 Å². The molecule has 0 heterocycles. The van der Waals surface area contributed by atoms with Crippen LogP contribution in [0, 0.1) is 5.92 Å². The molecule has 0 saturated heterocycles. The van der Waals surface area contributed by atoms with E-state index in [0.29, 0.717) is 19.6 Å². The van der Waals surface area contributed by atoms with Gasteiger partial charge >= 0.3 is 12.1 Å². The van der Waals surface area contributed by atoms with Gasteiger partial charge in [-0.3, -0.25) is 0 Å². The van der Waals surface area contributed by atoms with Crippen LogP contribution in [-0.4, -0.2) is 37.8 Å². The second-order valence-corrected chi connectivity index (χ2v) is 4.52. The first kappa shape index (κ1) is 17.9. The molecule has 0 aromatic rings. The Bertz CT molecular complexity index is 342. The highest BCUT2D eigenvalue weighted by molar-refractivity contribution is 5.71. The Balaban J connectivity index is 3.80. The van der Waals surface area contributed by atoms with Crippen molar-refractivity contribution < 1.29 is 14.4 Å². The Morgan fingerprint density at radius 1 is 1.00 bits per heavy atom. The molecule has 6 N–H and O–H groups in total. The predicted octanol–water partition coefficient (Wildman–Crippen LogP) is 0.226. The van der Waals surface area contributed by atoms with E-state index in [1.165, 1.54) is 6.08 Å². The van der Waals surface area contributed by atoms with Crippen molar-refractivity contribution >= 4 is 18.1 Å². The predicted molar refractivity (Wildman–Crippen MR) is 74.7 cm³/mol. The largest absolute Gasteiger partial charge is 0.352 e. The number of nitrogens with two attached hydrogens (primary N) is 2. The molecule has 114 valence electrons. The fourth-order valence-electron chi connectivity index (χ4n) is 1.87. The average molecular weight is 285 g/mol. The number of aliphatic imine (C=N–C) groups is 1. The van der Waals surface area contributed by atoms with Crippen molar-refractivity contribution in [2.75, 3.05) is 19.6 Å². The maximum atomic E-state index is 10.5. The van der Waals surface area contributed by atoms with Crippen LogP contribution in [0.3, 0.4) is 0 Å². The smallest absolute Gasteiger partial charge is 0.312 e. The normalized spacial score (nSPS) is 11.2. The van der Waals surface area contributed by atoms with Gasteiger partial charge < -0.3 is 22.1 Å². The standard InChI is InChI=1S/C12H23N5O3/c13-11(19)16-6-2-1-4-10(8-15-9-18)5-3-7-17-12(14)20/h10H,1-8H2,(H3,13,16,19)(H3,14,17,20). The van der Waals surface area contributed by atoms with E-state index < -0.39 is 12.1 Å². The minimum Gasteiger partial charge on any atom is -0.352 e. The maximum Gasteiger partial charge on any atom is 0.312 e. The highest BCUT2D eigenvalue weighted by atomic mass is 16.2. The third kappa shape index (κ3) is 12.4. The molecule has 8 nitrogen and oxygen atoms in total. The molecule has 1 unspecified atom stereocenters. The Morgan fingerprint density at radius 2 is 1.55 bits per heavy atom. The second-order valence-electron chi connectivity index (χ2n) is 4.52. The zero-order valence-corrected chi connectivity index (χ0v) is 11.6. The van der Waals surface area contributed by atoms with Crippen molar-refractivity contribution in [3.05, 3.63) is 0 Å². The van der Waals surface area contributed by atoms with Gasteiger partial charge in [0.15, 0.2) is 0 Å². The molecule has 0 radical (unpaired) electrons. The zero-order chi connectivity index (χ0) is 15.2. The SMILES string of the molecule is NC(=O)NCCCCC(CCCNC(N)=O)CN=C=O. The molecule has 0 aromatic carbocycles. The van der Waals surface area contributed by atoms with Gasteiger partial charge in [-0.1, -0.05) is 6.42 Å². The molecule has 0 aliphatic rings. The van der Waals surface area contributed by atoms with Crippen LogP contribution in [0.5, 0.6) is 0 Å². The summed E-state index contributed by atoms with van der Waals surface area (Å²) in [5.41, 5.74) is 9.92. The summed E-state index contributed by atoms with van der Waals surface area (Å²) in [6.45, 7) is 1.49. The van der Waals surface area contributed by atoms with Gasteiger partial charge in [-0.15, -0.1) is 0 Å². The second kappa shape index (κ2) is 12.0. The lowest BCUT2D eigenvalue weighted by molar-refractivity contribution is 0.247. The van der Waals surface area contributed by atoms with Crippen LogP contribution >= 0.6 is 0 Å². The number of amides is 4. The fourth-order valence-corrected chi connectivity index (χ4v) is 1.87. The number of carbonyl (C=O) groups excluding carboxylic acids is 3. The summed E-state index contributed by atoms with van der Waals surface area (Å²) in [6, 6.07) is -1.06. The number of hydrogen-bond acceptors (Lipinski definition) is 4. The number of urea groups is 2. The molecule has 0 fully saturated rings. The molecule has 0 bridgehead atoms. The topological polar surface area (TPSA) is 140 Å². The van der Waals surface area contributed by atoms with Gasteiger partial charge in [0.2, 0.25) is 6.08 Å². The number of unbranched alkanes of at least 4 members (excludes halogenated alkanes) is 1. The first-order valence-corrected chi connectivity index (χ1v) is 6.66. The van der Waals surface area contributed by atoms with Crippen molar-refractivity contribution in [3.8, 4) is 0 Å². The van der Waals surface area contributed by atoms with Crippen LogP contribution in [0.4, 0.5) is 9.59 Å². The number of carbonyl (C=O) groups is 2. The van der Waals surface area contributed by atoms with Gasteiger partial charge in [-0.2, -0.15) is 0 Å². The highest BCUT2D eigenvalue weighted by Crippen LogP contribution is 2.15. The summed E-state index contributed by atoms with van der Waals surface area (Å²) in [5, 5.41) is 5.03. The average Bonchev–Trinajstić information content (AvgIpc) is 2.38.